The van der Waals surface area contributed by atoms with Gasteiger partial charge in [0.25, 0.3) is 5.91 Å². The monoisotopic (exact) mass is 250 g/mol. The number of hydrogen-bond acceptors (Lipinski definition) is 3. The molecule has 0 saturated heterocycles. The number of rotatable bonds is 5. The number of amides is 1. The van der Waals surface area contributed by atoms with Crippen LogP contribution in [-0.4, -0.2) is 28.0 Å². The van der Waals surface area contributed by atoms with E-state index in [1.54, 1.807) is 6.07 Å². The molecule has 0 bridgehead atoms. The van der Waals surface area contributed by atoms with E-state index in [1.807, 2.05) is 26.8 Å². The van der Waals surface area contributed by atoms with E-state index in [9.17, 15) is 9.59 Å². The molecule has 0 fully saturated rings. The number of nitrogens with one attached hydrogen (secondary N) is 1. The van der Waals surface area contributed by atoms with Crippen LogP contribution in [0.4, 0.5) is 0 Å². The SMILES string of the molecule is CCC(CC(=O)O)NC(=O)c1cc(C)cc(C)n1. The maximum Gasteiger partial charge on any atom is 0.305 e. The molecule has 1 amide bonds. The number of carboxylic acid groups (broad SMARTS) is 1. The zero-order valence-electron chi connectivity index (χ0n) is 10.9. The van der Waals surface area contributed by atoms with Gasteiger partial charge in [0.2, 0.25) is 0 Å². The summed E-state index contributed by atoms with van der Waals surface area (Å²) >= 11 is 0. The van der Waals surface area contributed by atoms with Crippen LogP contribution in [0.5, 0.6) is 0 Å². The lowest BCUT2D eigenvalue weighted by molar-refractivity contribution is -0.137. The van der Waals surface area contributed by atoms with Crippen molar-refractivity contribution in [2.75, 3.05) is 0 Å². The van der Waals surface area contributed by atoms with Crippen molar-refractivity contribution in [2.45, 2.75) is 39.7 Å². The molecule has 1 unspecified atom stereocenters. The molecule has 18 heavy (non-hydrogen) atoms. The van der Waals surface area contributed by atoms with E-state index in [0.29, 0.717) is 12.1 Å². The summed E-state index contributed by atoms with van der Waals surface area (Å²) in [5, 5.41) is 11.4. The van der Waals surface area contributed by atoms with Gasteiger partial charge in [0.05, 0.1) is 6.42 Å². The minimum Gasteiger partial charge on any atom is -0.481 e. The van der Waals surface area contributed by atoms with Crippen LogP contribution in [0.1, 0.15) is 41.5 Å². The molecule has 1 rings (SSSR count). The molecule has 1 aromatic rings. The standard InChI is InChI=1S/C13H18N2O3/c1-4-10(7-12(16)17)15-13(18)11-6-8(2)5-9(3)14-11/h5-6,10H,4,7H2,1-3H3,(H,15,18)(H,16,17). The molecule has 98 valence electrons. The van der Waals surface area contributed by atoms with Gasteiger partial charge in [-0.05, 0) is 38.0 Å². The Hall–Kier alpha value is -1.91. The van der Waals surface area contributed by atoms with Gasteiger partial charge in [0.15, 0.2) is 0 Å². The zero-order chi connectivity index (χ0) is 13.7. The van der Waals surface area contributed by atoms with E-state index in [4.69, 9.17) is 5.11 Å². The van der Waals surface area contributed by atoms with Crippen LogP contribution in [-0.2, 0) is 4.79 Å². The summed E-state index contributed by atoms with van der Waals surface area (Å²) in [6.07, 6.45) is 0.496. The number of pyridine rings is 1. The van der Waals surface area contributed by atoms with Gasteiger partial charge in [-0.15, -0.1) is 0 Å². The first-order chi connectivity index (χ1) is 8.42. The number of nitrogens with zero attached hydrogens (tertiary/aromatic N) is 1. The van der Waals surface area contributed by atoms with Crippen LogP contribution < -0.4 is 5.32 Å². The third-order valence-corrected chi connectivity index (χ3v) is 2.58. The van der Waals surface area contributed by atoms with Gasteiger partial charge < -0.3 is 10.4 Å². The van der Waals surface area contributed by atoms with Crippen LogP contribution in [0.3, 0.4) is 0 Å². The number of carbonyl (C=O) groups is 2. The van der Waals surface area contributed by atoms with Crippen molar-refractivity contribution in [3.63, 3.8) is 0 Å². The molecule has 1 heterocycles. The predicted molar refractivity (Wildman–Crippen MR) is 67.5 cm³/mol. The first-order valence-electron chi connectivity index (χ1n) is 5.90. The smallest absolute Gasteiger partial charge is 0.305 e. The van der Waals surface area contributed by atoms with Gasteiger partial charge >= 0.3 is 5.97 Å². The number of aromatic nitrogens is 1. The summed E-state index contributed by atoms with van der Waals surface area (Å²) in [7, 11) is 0. The Kier molecular flexibility index (Phi) is 4.83. The Bertz CT molecular complexity index is 437. The maximum absolute atomic E-state index is 11.9. The van der Waals surface area contributed by atoms with Gasteiger partial charge in [-0.25, -0.2) is 4.98 Å². The van der Waals surface area contributed by atoms with E-state index >= 15 is 0 Å². The molecule has 5 nitrogen and oxygen atoms in total. The van der Waals surface area contributed by atoms with Crippen LogP contribution in [0.25, 0.3) is 0 Å². The van der Waals surface area contributed by atoms with Crippen molar-refractivity contribution in [3.05, 3.63) is 29.1 Å². The molecule has 0 aliphatic carbocycles. The van der Waals surface area contributed by atoms with E-state index in [-0.39, 0.29) is 18.4 Å². The Balaban J connectivity index is 2.77. The van der Waals surface area contributed by atoms with Gasteiger partial charge in [-0.1, -0.05) is 6.92 Å². The topological polar surface area (TPSA) is 79.3 Å². The lowest BCUT2D eigenvalue weighted by Gasteiger charge is -2.14. The summed E-state index contributed by atoms with van der Waals surface area (Å²) in [4.78, 5) is 26.7. The Morgan fingerprint density at radius 1 is 1.39 bits per heavy atom. The van der Waals surface area contributed by atoms with Crippen molar-refractivity contribution in [2.24, 2.45) is 0 Å². The lowest BCUT2D eigenvalue weighted by Crippen LogP contribution is -2.36. The molecule has 5 heteroatoms. The summed E-state index contributed by atoms with van der Waals surface area (Å²) < 4.78 is 0. The molecular weight excluding hydrogens is 232 g/mol. The van der Waals surface area contributed by atoms with Crippen molar-refractivity contribution in [1.82, 2.24) is 10.3 Å². The molecule has 0 aliphatic rings. The van der Waals surface area contributed by atoms with Crippen LogP contribution >= 0.6 is 0 Å². The van der Waals surface area contributed by atoms with Crippen LogP contribution in [0.2, 0.25) is 0 Å². The second-order valence-electron chi connectivity index (χ2n) is 4.35. The maximum atomic E-state index is 11.9. The highest BCUT2D eigenvalue weighted by molar-refractivity contribution is 5.92. The van der Waals surface area contributed by atoms with E-state index in [0.717, 1.165) is 11.3 Å². The first-order valence-corrected chi connectivity index (χ1v) is 5.90. The average molecular weight is 250 g/mol. The van der Waals surface area contributed by atoms with E-state index < -0.39 is 5.97 Å². The molecule has 0 saturated carbocycles. The summed E-state index contributed by atoms with van der Waals surface area (Å²) in [5.74, 6) is -1.24. The van der Waals surface area contributed by atoms with Crippen LogP contribution in [0.15, 0.2) is 12.1 Å². The number of carbonyl (C=O) groups excluding carboxylic acids is 1. The fourth-order valence-electron chi connectivity index (χ4n) is 1.73. The summed E-state index contributed by atoms with van der Waals surface area (Å²) in [6.45, 7) is 5.54. The minimum atomic E-state index is -0.921. The highest BCUT2D eigenvalue weighted by Gasteiger charge is 2.16. The number of hydrogen-bond donors (Lipinski definition) is 2. The van der Waals surface area contributed by atoms with Crippen molar-refractivity contribution in [1.29, 1.82) is 0 Å². The Morgan fingerprint density at radius 3 is 2.56 bits per heavy atom. The minimum absolute atomic E-state index is 0.0764. The second kappa shape index (κ2) is 6.14. The van der Waals surface area contributed by atoms with Crippen molar-refractivity contribution < 1.29 is 14.7 Å². The fraction of sp³-hybridized carbons (Fsp3) is 0.462. The Morgan fingerprint density at radius 2 is 2.06 bits per heavy atom. The number of carboxylic acids is 1. The number of aliphatic carboxylic acids is 1. The third-order valence-electron chi connectivity index (χ3n) is 2.58. The molecule has 0 radical (unpaired) electrons. The molecule has 0 spiro atoms. The van der Waals surface area contributed by atoms with Crippen molar-refractivity contribution >= 4 is 11.9 Å². The van der Waals surface area contributed by atoms with Crippen LogP contribution in [0, 0.1) is 13.8 Å². The van der Waals surface area contributed by atoms with Crippen molar-refractivity contribution in [3.8, 4) is 0 Å². The van der Waals surface area contributed by atoms with Gasteiger partial charge in [0.1, 0.15) is 5.69 Å². The molecule has 1 aromatic heterocycles. The van der Waals surface area contributed by atoms with E-state index in [2.05, 4.69) is 10.3 Å². The number of aryl methyl sites for hydroxylation is 2. The summed E-state index contributed by atoms with van der Waals surface area (Å²) in [5.41, 5.74) is 2.06. The third kappa shape index (κ3) is 4.16. The second-order valence-corrected chi connectivity index (χ2v) is 4.35. The molecular formula is C13H18N2O3. The average Bonchev–Trinajstić information content (AvgIpc) is 2.26. The molecule has 0 aromatic carbocycles. The van der Waals surface area contributed by atoms with Gasteiger partial charge in [-0.3, -0.25) is 9.59 Å². The molecule has 0 aliphatic heterocycles. The highest BCUT2D eigenvalue weighted by atomic mass is 16.4. The quantitative estimate of drug-likeness (QED) is 0.833. The summed E-state index contributed by atoms with van der Waals surface area (Å²) in [6, 6.07) is 3.21. The van der Waals surface area contributed by atoms with Gasteiger partial charge in [-0.2, -0.15) is 0 Å². The molecule has 1 atom stereocenters. The zero-order valence-corrected chi connectivity index (χ0v) is 10.9. The predicted octanol–water partition coefficient (Wildman–Crippen LogP) is 1.68. The Labute approximate surface area is 106 Å². The normalized spacial score (nSPS) is 11.9. The highest BCUT2D eigenvalue weighted by Crippen LogP contribution is 2.06. The first kappa shape index (κ1) is 14.2. The fourth-order valence-corrected chi connectivity index (χ4v) is 1.73. The van der Waals surface area contributed by atoms with Gasteiger partial charge in [0, 0.05) is 11.7 Å². The largest absolute Gasteiger partial charge is 0.481 e. The molecule has 2 N–H and O–H groups in total. The lowest BCUT2D eigenvalue weighted by atomic mass is 10.1. The van der Waals surface area contributed by atoms with E-state index in [1.165, 1.54) is 0 Å².